The van der Waals surface area contributed by atoms with Gasteiger partial charge in [-0.3, -0.25) is 0 Å². The Morgan fingerprint density at radius 2 is 1.50 bits per heavy atom. The second-order valence-corrected chi connectivity index (χ2v) is 0.603. The van der Waals surface area contributed by atoms with Gasteiger partial charge in [-0.25, -0.2) is 0 Å². The lowest BCUT2D eigenvalue weighted by Crippen LogP contribution is -1.52. The van der Waals surface area contributed by atoms with Gasteiger partial charge in [0.2, 0.25) is 0 Å². The van der Waals surface area contributed by atoms with E-state index in [0.717, 1.165) is 0 Å². The van der Waals surface area contributed by atoms with Crippen LogP contribution in [0.3, 0.4) is 0 Å². The van der Waals surface area contributed by atoms with Gasteiger partial charge in [-0.1, -0.05) is 0 Å². The van der Waals surface area contributed by atoms with E-state index >= 15 is 0 Å². The Morgan fingerprint density at radius 1 is 1.00 bits per heavy atom. The van der Waals surface area contributed by atoms with Crippen LogP contribution in [0.15, 0.2) is 20.7 Å². The maximum Gasteiger partial charge on any atom is 0.175 e. The average molecular weight is 151 g/mol. The predicted octanol–water partition coefficient (Wildman–Crippen LogP) is 1.35. The molecule has 0 unspecified atom stereocenters. The fourth-order valence-electron chi connectivity index (χ4n) is 0.141. The number of hydrogen-bond donors (Lipinski definition) is 0. The van der Waals surface area contributed by atoms with Crippen molar-refractivity contribution in [1.29, 1.82) is 0 Å². The normalized spacial score (nSPS) is 14.7. The van der Waals surface area contributed by atoms with Crippen LogP contribution in [0.4, 0.5) is 0 Å². The Bertz CT molecular complexity index is 65.6. The fraction of sp³-hybridized carbons (Fsp3) is 1.00. The van der Waals surface area contributed by atoms with Gasteiger partial charge in [0.25, 0.3) is 0 Å². The van der Waals surface area contributed by atoms with Gasteiger partial charge in [-0.05, 0) is 10.4 Å². The molecular weight excluding hydrogens is 148 g/mol. The molecule has 0 aromatic heterocycles. The Labute approximate surface area is 45.1 Å². The molecule has 6 heavy (non-hydrogen) atoms. The molecule has 0 aromatic rings. The molecule has 0 N–H and O–H groups in total. The molecule has 1 heterocycles. The van der Waals surface area contributed by atoms with Crippen LogP contribution in [0.25, 0.3) is 0 Å². The molecule has 34 valence electrons. The number of hydrogen-bond acceptors (Lipinski definition) is 4. The minimum absolute atomic E-state index is 0. The van der Waals surface area contributed by atoms with Crippen LogP contribution in [0.1, 0.15) is 0 Å². The monoisotopic (exact) mass is 150 g/mol. The van der Waals surface area contributed by atoms with Crippen LogP contribution in [-0.2, 0) is 0 Å². The molecule has 1 rings (SSSR count). The van der Waals surface area contributed by atoms with E-state index < -0.39 is 0 Å². The maximum atomic E-state index is 3.38. The molecule has 0 saturated heterocycles. The van der Waals surface area contributed by atoms with E-state index in [4.69, 9.17) is 0 Å². The van der Waals surface area contributed by atoms with E-state index in [1.54, 1.807) is 0 Å². The molecule has 0 spiro atoms. The lowest BCUT2D eigenvalue weighted by Gasteiger charge is -1.52. The highest BCUT2D eigenvalue weighted by Gasteiger charge is 1.76. The number of halogens is 1. The lowest BCUT2D eigenvalue weighted by molar-refractivity contribution is 1.05. The van der Waals surface area contributed by atoms with E-state index in [-0.39, 0.29) is 17.0 Å². The minimum Gasteiger partial charge on any atom is -0.142 e. The Morgan fingerprint density at radius 3 is 1.67 bits per heavy atom. The van der Waals surface area contributed by atoms with Gasteiger partial charge in [0.05, 0.1) is 0 Å². The third-order valence-electron chi connectivity index (χ3n) is 0.293. The molecular formula is CH3BrN4. The quantitative estimate of drug-likeness (QED) is 0.501. The summed E-state index contributed by atoms with van der Waals surface area (Å²) < 4.78 is 0. The van der Waals surface area contributed by atoms with Crippen LogP contribution in [0.5, 0.6) is 0 Å². The van der Waals surface area contributed by atoms with Gasteiger partial charge < -0.3 is 0 Å². The maximum absolute atomic E-state index is 3.38. The van der Waals surface area contributed by atoms with Gasteiger partial charge in [-0.2, -0.15) is 0 Å². The largest absolute Gasteiger partial charge is 0.175 e. The number of nitrogens with zero attached hydrogens (tertiary/aromatic N) is 4. The zero-order chi connectivity index (χ0) is 3.54. The first-order valence-electron chi connectivity index (χ1n) is 1.23. The van der Waals surface area contributed by atoms with Crippen molar-refractivity contribution in [2.75, 3.05) is 6.67 Å². The summed E-state index contributed by atoms with van der Waals surface area (Å²) in [4.78, 5) is 0. The van der Waals surface area contributed by atoms with Crippen molar-refractivity contribution in [2.45, 2.75) is 0 Å². The highest BCUT2D eigenvalue weighted by atomic mass is 79.9. The first kappa shape index (κ1) is 5.68. The van der Waals surface area contributed by atoms with E-state index in [2.05, 4.69) is 20.7 Å². The Hall–Kier alpha value is -0.320. The molecule has 0 bridgehead atoms. The second kappa shape index (κ2) is 2.89. The van der Waals surface area contributed by atoms with Gasteiger partial charge >= 0.3 is 0 Å². The average Bonchev–Trinajstić information content (AvgIpc) is 1.76. The van der Waals surface area contributed by atoms with Crippen LogP contribution in [0.2, 0.25) is 0 Å². The first-order valence-corrected chi connectivity index (χ1v) is 1.23. The van der Waals surface area contributed by atoms with Crippen molar-refractivity contribution >= 4 is 17.0 Å². The third kappa shape index (κ3) is 1.21. The fourth-order valence-corrected chi connectivity index (χ4v) is 0.141. The molecule has 0 radical (unpaired) electrons. The minimum atomic E-state index is 0. The highest BCUT2D eigenvalue weighted by molar-refractivity contribution is 8.93. The first-order chi connectivity index (χ1) is 2.50. The predicted molar refractivity (Wildman–Crippen MR) is 24.9 cm³/mol. The standard InChI is InChI=1S/CH2N4.BrH/c1-2-4-5-3-1;/h1H2;1H. The van der Waals surface area contributed by atoms with Gasteiger partial charge in [0.1, 0.15) is 0 Å². The molecule has 5 heteroatoms. The molecule has 4 nitrogen and oxygen atoms in total. The van der Waals surface area contributed by atoms with E-state index in [1.807, 2.05) is 0 Å². The van der Waals surface area contributed by atoms with E-state index in [0.29, 0.717) is 6.67 Å². The van der Waals surface area contributed by atoms with Crippen molar-refractivity contribution in [3.05, 3.63) is 0 Å². The summed E-state index contributed by atoms with van der Waals surface area (Å²) in [6, 6.07) is 0. The van der Waals surface area contributed by atoms with Gasteiger partial charge in [0.15, 0.2) is 6.67 Å². The molecule has 0 atom stereocenters. The summed E-state index contributed by atoms with van der Waals surface area (Å²) in [5, 5.41) is 13.1. The lowest BCUT2D eigenvalue weighted by atomic mass is 11.2. The summed E-state index contributed by atoms with van der Waals surface area (Å²) in [6.07, 6.45) is 0. The summed E-state index contributed by atoms with van der Waals surface area (Å²) in [7, 11) is 0. The molecule has 0 amide bonds. The zero-order valence-electron chi connectivity index (χ0n) is 2.90. The van der Waals surface area contributed by atoms with Crippen molar-refractivity contribution in [1.82, 2.24) is 0 Å². The van der Waals surface area contributed by atoms with Crippen LogP contribution < -0.4 is 0 Å². The van der Waals surface area contributed by atoms with Crippen LogP contribution >= 0.6 is 17.0 Å². The van der Waals surface area contributed by atoms with E-state index in [9.17, 15) is 0 Å². The van der Waals surface area contributed by atoms with Gasteiger partial charge in [0, 0.05) is 0 Å². The number of rotatable bonds is 0. The Kier molecular flexibility index (Phi) is 2.74. The topological polar surface area (TPSA) is 49.4 Å². The molecule has 0 fully saturated rings. The zero-order valence-corrected chi connectivity index (χ0v) is 4.62. The molecule has 0 aliphatic carbocycles. The van der Waals surface area contributed by atoms with Crippen molar-refractivity contribution < 1.29 is 0 Å². The van der Waals surface area contributed by atoms with Crippen molar-refractivity contribution in [3.8, 4) is 0 Å². The smallest absolute Gasteiger partial charge is 0.142 e. The van der Waals surface area contributed by atoms with Crippen LogP contribution in [0, 0.1) is 0 Å². The van der Waals surface area contributed by atoms with Crippen molar-refractivity contribution in [2.24, 2.45) is 20.7 Å². The van der Waals surface area contributed by atoms with E-state index in [1.165, 1.54) is 0 Å². The summed E-state index contributed by atoms with van der Waals surface area (Å²) in [5.74, 6) is 0. The molecule has 1 aliphatic rings. The third-order valence-corrected chi connectivity index (χ3v) is 0.293. The highest BCUT2D eigenvalue weighted by Crippen LogP contribution is 1.87. The summed E-state index contributed by atoms with van der Waals surface area (Å²) in [6.45, 7) is 0.417. The molecule has 0 saturated carbocycles. The van der Waals surface area contributed by atoms with Crippen LogP contribution in [-0.4, -0.2) is 6.67 Å². The summed E-state index contributed by atoms with van der Waals surface area (Å²) >= 11 is 0. The second-order valence-electron chi connectivity index (χ2n) is 0.603. The van der Waals surface area contributed by atoms with Gasteiger partial charge in [-0.15, -0.1) is 27.2 Å². The SMILES string of the molecule is Br.C1N=NN=N1. The molecule has 1 aliphatic heterocycles. The summed E-state index contributed by atoms with van der Waals surface area (Å²) in [5.41, 5.74) is 0. The molecule has 0 aromatic carbocycles. The van der Waals surface area contributed by atoms with Crippen molar-refractivity contribution in [3.63, 3.8) is 0 Å². The Balaban J connectivity index is 0.000000250.